The van der Waals surface area contributed by atoms with Crippen molar-refractivity contribution in [3.05, 3.63) is 45.6 Å². The third kappa shape index (κ3) is 5.03. The highest BCUT2D eigenvalue weighted by atomic mass is 32.2. The average molecular weight is 420 g/mol. The summed E-state index contributed by atoms with van der Waals surface area (Å²) in [5.74, 6) is 0.490. The molecule has 1 aromatic carbocycles. The molecule has 0 N–H and O–H groups in total. The van der Waals surface area contributed by atoms with Gasteiger partial charge in [0.15, 0.2) is 6.61 Å². The van der Waals surface area contributed by atoms with Crippen molar-refractivity contribution in [3.8, 4) is 5.75 Å². The predicted molar refractivity (Wildman–Crippen MR) is 107 cm³/mol. The Bertz CT molecular complexity index is 1160. The highest BCUT2D eigenvalue weighted by molar-refractivity contribution is 7.91. The van der Waals surface area contributed by atoms with Crippen LogP contribution in [0.1, 0.15) is 49.6 Å². The molecule has 0 aliphatic rings. The molecule has 0 bridgehead atoms. The second kappa shape index (κ2) is 8.77. The van der Waals surface area contributed by atoms with Crippen LogP contribution in [0.15, 0.2) is 37.1 Å². The minimum Gasteiger partial charge on any atom is -0.484 e. The molecular formula is C20H24N2O6S. The first-order chi connectivity index (χ1) is 13.8. The Kier molecular flexibility index (Phi) is 6.36. The van der Waals surface area contributed by atoms with E-state index in [1.165, 1.54) is 6.07 Å². The lowest BCUT2D eigenvalue weighted by molar-refractivity contribution is 0.250. The smallest absolute Gasteiger partial charge is 0.336 e. The molecule has 0 amide bonds. The number of hydrogen-bond acceptors (Lipinski definition) is 8. The number of unbranched alkanes of at least 4 members (excludes halogenated alkanes) is 3. The van der Waals surface area contributed by atoms with Crippen LogP contribution in [0.5, 0.6) is 5.75 Å². The molecule has 156 valence electrons. The first-order valence-corrected chi connectivity index (χ1v) is 11.2. The van der Waals surface area contributed by atoms with Crippen LogP contribution in [-0.2, 0) is 16.4 Å². The lowest BCUT2D eigenvalue weighted by atomic mass is 10.1. The summed E-state index contributed by atoms with van der Waals surface area (Å²) in [5, 5.41) is 7.87. The predicted octanol–water partition coefficient (Wildman–Crippen LogP) is 3.73. The summed E-state index contributed by atoms with van der Waals surface area (Å²) >= 11 is 0. The highest BCUT2D eigenvalue weighted by Crippen LogP contribution is 2.27. The number of nitrogens with zero attached hydrogens (tertiary/aromatic N) is 2. The van der Waals surface area contributed by atoms with Gasteiger partial charge in [0.1, 0.15) is 11.3 Å². The largest absolute Gasteiger partial charge is 0.484 e. The standard InChI is InChI=1S/C20H24N2O6S/c1-4-5-6-7-8-29(24,25)20-22-21-17(28-20)12-26-15-9-13(2)19-14(3)10-18(23)27-16(19)11-15/h9-11H,4-8,12H2,1-3H3. The van der Waals surface area contributed by atoms with Crippen LogP contribution in [0.2, 0.25) is 0 Å². The average Bonchev–Trinajstić information content (AvgIpc) is 3.13. The Morgan fingerprint density at radius 1 is 1.00 bits per heavy atom. The maximum atomic E-state index is 12.3. The fraction of sp³-hybridized carbons (Fsp3) is 0.450. The van der Waals surface area contributed by atoms with Gasteiger partial charge in [0, 0.05) is 17.5 Å². The molecule has 0 spiro atoms. The molecule has 8 nitrogen and oxygen atoms in total. The van der Waals surface area contributed by atoms with E-state index in [1.807, 2.05) is 13.8 Å². The SMILES string of the molecule is CCCCCCS(=O)(=O)c1nnc(COc2cc(C)c3c(C)cc(=O)oc3c2)o1. The van der Waals surface area contributed by atoms with Gasteiger partial charge < -0.3 is 13.6 Å². The zero-order valence-corrected chi connectivity index (χ0v) is 17.5. The Morgan fingerprint density at radius 2 is 1.76 bits per heavy atom. The molecule has 0 fully saturated rings. The summed E-state index contributed by atoms with van der Waals surface area (Å²) in [5.41, 5.74) is 1.70. The van der Waals surface area contributed by atoms with E-state index in [9.17, 15) is 13.2 Å². The summed E-state index contributed by atoms with van der Waals surface area (Å²) in [6.07, 6.45) is 3.42. The van der Waals surface area contributed by atoms with Gasteiger partial charge in [-0.3, -0.25) is 0 Å². The van der Waals surface area contributed by atoms with Crippen molar-refractivity contribution in [3.63, 3.8) is 0 Å². The van der Waals surface area contributed by atoms with Crippen LogP contribution in [0, 0.1) is 13.8 Å². The van der Waals surface area contributed by atoms with E-state index in [2.05, 4.69) is 17.1 Å². The van der Waals surface area contributed by atoms with Gasteiger partial charge >= 0.3 is 10.8 Å². The molecule has 3 aromatic rings. The highest BCUT2D eigenvalue weighted by Gasteiger charge is 2.22. The maximum Gasteiger partial charge on any atom is 0.336 e. The lowest BCUT2D eigenvalue weighted by Gasteiger charge is -2.08. The van der Waals surface area contributed by atoms with E-state index < -0.39 is 15.5 Å². The zero-order chi connectivity index (χ0) is 21.0. The number of sulfone groups is 1. The maximum absolute atomic E-state index is 12.3. The van der Waals surface area contributed by atoms with Crippen molar-refractivity contribution >= 4 is 20.8 Å². The number of rotatable bonds is 9. The van der Waals surface area contributed by atoms with E-state index >= 15 is 0 Å². The molecule has 2 heterocycles. The molecule has 0 atom stereocenters. The molecule has 3 rings (SSSR count). The van der Waals surface area contributed by atoms with E-state index in [0.29, 0.717) is 17.8 Å². The van der Waals surface area contributed by atoms with Gasteiger partial charge in [-0.1, -0.05) is 31.3 Å². The van der Waals surface area contributed by atoms with Gasteiger partial charge in [0.25, 0.3) is 5.89 Å². The first kappa shape index (κ1) is 21.0. The number of aryl methyl sites for hydroxylation is 2. The quantitative estimate of drug-likeness (QED) is 0.380. The van der Waals surface area contributed by atoms with Gasteiger partial charge in [-0.2, -0.15) is 0 Å². The number of benzene rings is 1. The number of aromatic nitrogens is 2. The zero-order valence-electron chi connectivity index (χ0n) is 16.7. The normalized spacial score (nSPS) is 11.8. The Hall–Kier alpha value is -2.68. The van der Waals surface area contributed by atoms with Crippen LogP contribution in [0.25, 0.3) is 11.0 Å². The molecule has 29 heavy (non-hydrogen) atoms. The minimum absolute atomic E-state index is 0.0161. The summed E-state index contributed by atoms with van der Waals surface area (Å²) < 4.78 is 40.7. The molecule has 9 heteroatoms. The molecule has 0 radical (unpaired) electrons. The fourth-order valence-electron chi connectivity index (χ4n) is 3.15. The van der Waals surface area contributed by atoms with Crippen LogP contribution in [0.4, 0.5) is 0 Å². The topological polar surface area (TPSA) is 112 Å². The van der Waals surface area contributed by atoms with Gasteiger partial charge in [-0.25, -0.2) is 13.2 Å². The van der Waals surface area contributed by atoms with Crippen LogP contribution >= 0.6 is 0 Å². The van der Waals surface area contributed by atoms with E-state index in [-0.39, 0.29) is 23.5 Å². The molecule has 0 saturated heterocycles. The van der Waals surface area contributed by atoms with Crippen LogP contribution in [-0.4, -0.2) is 24.4 Å². The van der Waals surface area contributed by atoms with Gasteiger partial charge in [0.2, 0.25) is 9.84 Å². The monoisotopic (exact) mass is 420 g/mol. The Morgan fingerprint density at radius 3 is 2.52 bits per heavy atom. The van der Waals surface area contributed by atoms with Crippen molar-refractivity contribution in [1.29, 1.82) is 0 Å². The van der Waals surface area contributed by atoms with Crippen molar-refractivity contribution in [2.24, 2.45) is 0 Å². The van der Waals surface area contributed by atoms with Crippen molar-refractivity contribution in [2.45, 2.75) is 58.3 Å². The number of hydrogen-bond donors (Lipinski definition) is 0. The summed E-state index contributed by atoms with van der Waals surface area (Å²) in [4.78, 5) is 11.6. The Balaban J connectivity index is 1.70. The van der Waals surface area contributed by atoms with Crippen molar-refractivity contribution < 1.29 is 22.0 Å². The van der Waals surface area contributed by atoms with E-state index in [0.717, 1.165) is 35.8 Å². The number of ether oxygens (including phenoxy) is 1. The lowest BCUT2D eigenvalue weighted by Crippen LogP contribution is -2.07. The van der Waals surface area contributed by atoms with Crippen molar-refractivity contribution in [2.75, 3.05) is 5.75 Å². The Labute approximate surface area is 168 Å². The van der Waals surface area contributed by atoms with E-state index in [4.69, 9.17) is 13.6 Å². The third-order valence-corrected chi connectivity index (χ3v) is 6.08. The second-order valence-corrected chi connectivity index (χ2v) is 8.98. The molecule has 0 aliphatic heterocycles. The van der Waals surface area contributed by atoms with Gasteiger partial charge in [-0.15, -0.1) is 5.10 Å². The summed E-state index contributed by atoms with van der Waals surface area (Å²) in [6.45, 7) is 5.69. The molecule has 0 unspecified atom stereocenters. The molecule has 0 saturated carbocycles. The first-order valence-electron chi connectivity index (χ1n) is 9.53. The third-order valence-electron chi connectivity index (χ3n) is 4.56. The summed E-state index contributed by atoms with van der Waals surface area (Å²) in [6, 6.07) is 4.86. The van der Waals surface area contributed by atoms with Crippen LogP contribution < -0.4 is 10.4 Å². The minimum atomic E-state index is -3.59. The number of fused-ring (bicyclic) bond motifs is 1. The van der Waals surface area contributed by atoms with Gasteiger partial charge in [-0.05, 0) is 37.5 Å². The molecule has 0 aliphatic carbocycles. The van der Waals surface area contributed by atoms with Crippen LogP contribution in [0.3, 0.4) is 0 Å². The second-order valence-electron chi connectivity index (χ2n) is 6.99. The van der Waals surface area contributed by atoms with Gasteiger partial charge in [0.05, 0.1) is 5.75 Å². The fourth-order valence-corrected chi connectivity index (χ4v) is 4.30. The molecular weight excluding hydrogens is 396 g/mol. The van der Waals surface area contributed by atoms with Crippen molar-refractivity contribution in [1.82, 2.24) is 10.2 Å². The van der Waals surface area contributed by atoms with E-state index in [1.54, 1.807) is 12.1 Å². The molecule has 2 aromatic heterocycles. The summed E-state index contributed by atoms with van der Waals surface area (Å²) in [7, 11) is -3.59.